The van der Waals surface area contributed by atoms with Gasteiger partial charge in [-0.15, -0.1) is 0 Å². The first-order chi connectivity index (χ1) is 8.74. The number of hydrazone groups is 1. The van der Waals surface area contributed by atoms with Gasteiger partial charge in [0.2, 0.25) is 5.91 Å². The summed E-state index contributed by atoms with van der Waals surface area (Å²) in [5.74, 6) is 5.34. The number of carbonyl (C=O) groups is 1. The molecule has 1 aliphatic rings. The van der Waals surface area contributed by atoms with Crippen molar-refractivity contribution in [2.45, 2.75) is 19.4 Å². The Kier molecular flexibility index (Phi) is 3.58. The van der Waals surface area contributed by atoms with Crippen LogP contribution in [-0.2, 0) is 11.3 Å². The van der Waals surface area contributed by atoms with Gasteiger partial charge >= 0.3 is 0 Å². The van der Waals surface area contributed by atoms with Gasteiger partial charge in [0.25, 0.3) is 0 Å². The van der Waals surface area contributed by atoms with Crippen LogP contribution in [0.4, 0.5) is 0 Å². The third kappa shape index (κ3) is 2.48. The highest BCUT2D eigenvalue weighted by Gasteiger charge is 2.20. The predicted octanol–water partition coefficient (Wildman–Crippen LogP) is 0.995. The van der Waals surface area contributed by atoms with Crippen molar-refractivity contribution >= 4 is 11.6 Å². The number of rotatable bonds is 3. The van der Waals surface area contributed by atoms with E-state index in [-0.39, 0.29) is 11.6 Å². The topological polar surface area (TPSA) is 82.5 Å². The molecule has 0 aromatic heterocycles. The highest BCUT2D eigenvalue weighted by molar-refractivity contribution is 6.11. The summed E-state index contributed by atoms with van der Waals surface area (Å²) in [6, 6.07) is 9.34. The van der Waals surface area contributed by atoms with Crippen molar-refractivity contribution in [3.8, 4) is 6.07 Å². The summed E-state index contributed by atoms with van der Waals surface area (Å²) in [6.07, 6.45) is 1.56. The summed E-state index contributed by atoms with van der Waals surface area (Å²) in [5.41, 5.74) is 1.87. The summed E-state index contributed by atoms with van der Waals surface area (Å²) in [5, 5.41) is 12.3. The zero-order valence-electron chi connectivity index (χ0n) is 9.97. The molecule has 1 amide bonds. The normalized spacial score (nSPS) is 15.8. The molecule has 2 N–H and O–H groups in total. The van der Waals surface area contributed by atoms with Crippen molar-refractivity contribution in [3.63, 3.8) is 0 Å². The minimum Gasteiger partial charge on any atom is -0.338 e. The molecule has 5 nitrogen and oxygen atoms in total. The van der Waals surface area contributed by atoms with Crippen LogP contribution in [0.5, 0.6) is 0 Å². The molecule has 1 aromatic rings. The Balaban J connectivity index is 2.18. The van der Waals surface area contributed by atoms with E-state index < -0.39 is 0 Å². The van der Waals surface area contributed by atoms with Gasteiger partial charge in [0.15, 0.2) is 5.71 Å². The minimum absolute atomic E-state index is 0.188. The minimum atomic E-state index is 0.188. The monoisotopic (exact) mass is 242 g/mol. The molecule has 0 bridgehead atoms. The molecule has 1 aliphatic heterocycles. The molecule has 18 heavy (non-hydrogen) atoms. The molecule has 0 saturated carbocycles. The van der Waals surface area contributed by atoms with Crippen molar-refractivity contribution in [2.75, 3.05) is 6.54 Å². The SMILES string of the molecule is N#CC(=NN)c1cccc(CN2CCCC2=O)c1. The lowest BCUT2D eigenvalue weighted by molar-refractivity contribution is -0.128. The van der Waals surface area contributed by atoms with Gasteiger partial charge in [-0.2, -0.15) is 10.4 Å². The summed E-state index contributed by atoms with van der Waals surface area (Å²) in [6.45, 7) is 1.38. The lowest BCUT2D eigenvalue weighted by Gasteiger charge is -2.15. The summed E-state index contributed by atoms with van der Waals surface area (Å²) in [7, 11) is 0. The Morgan fingerprint density at radius 1 is 1.56 bits per heavy atom. The first-order valence-electron chi connectivity index (χ1n) is 5.79. The van der Waals surface area contributed by atoms with Gasteiger partial charge in [-0.05, 0) is 18.1 Å². The third-order valence-corrected chi connectivity index (χ3v) is 2.98. The highest BCUT2D eigenvalue weighted by Crippen LogP contribution is 2.15. The van der Waals surface area contributed by atoms with Crippen LogP contribution < -0.4 is 5.84 Å². The molecular weight excluding hydrogens is 228 g/mol. The number of hydrogen-bond acceptors (Lipinski definition) is 4. The van der Waals surface area contributed by atoms with E-state index in [2.05, 4.69) is 5.10 Å². The van der Waals surface area contributed by atoms with Gasteiger partial charge < -0.3 is 10.7 Å². The quantitative estimate of drug-likeness (QED) is 0.487. The van der Waals surface area contributed by atoms with Gasteiger partial charge in [0.05, 0.1) is 0 Å². The number of likely N-dealkylation sites (tertiary alicyclic amines) is 1. The number of nitrogens with zero attached hydrogens (tertiary/aromatic N) is 3. The van der Waals surface area contributed by atoms with Gasteiger partial charge in [-0.3, -0.25) is 4.79 Å². The second-order valence-electron chi connectivity index (χ2n) is 4.21. The summed E-state index contributed by atoms with van der Waals surface area (Å²) < 4.78 is 0. The second kappa shape index (κ2) is 5.32. The van der Waals surface area contributed by atoms with Crippen LogP contribution in [0.2, 0.25) is 0 Å². The van der Waals surface area contributed by atoms with Gasteiger partial charge in [-0.25, -0.2) is 0 Å². The van der Waals surface area contributed by atoms with Gasteiger partial charge in [0, 0.05) is 25.1 Å². The molecule has 1 fully saturated rings. The maximum Gasteiger partial charge on any atom is 0.222 e. The van der Waals surface area contributed by atoms with Crippen molar-refractivity contribution in [3.05, 3.63) is 35.4 Å². The number of nitrogens with two attached hydrogens (primary N) is 1. The van der Waals surface area contributed by atoms with E-state index in [4.69, 9.17) is 11.1 Å². The van der Waals surface area contributed by atoms with E-state index in [0.29, 0.717) is 18.5 Å². The fraction of sp³-hybridized carbons (Fsp3) is 0.308. The Bertz CT molecular complexity index is 530. The van der Waals surface area contributed by atoms with E-state index in [0.717, 1.165) is 18.5 Å². The average molecular weight is 242 g/mol. The van der Waals surface area contributed by atoms with E-state index in [1.165, 1.54) is 0 Å². The number of benzene rings is 1. The first kappa shape index (κ1) is 12.1. The van der Waals surface area contributed by atoms with Crippen LogP contribution in [-0.4, -0.2) is 23.1 Å². The largest absolute Gasteiger partial charge is 0.338 e. The summed E-state index contributed by atoms with van der Waals surface area (Å²) in [4.78, 5) is 13.4. The van der Waals surface area contributed by atoms with Crippen LogP contribution in [0, 0.1) is 11.3 Å². The molecule has 92 valence electrons. The smallest absolute Gasteiger partial charge is 0.222 e. The molecule has 0 unspecified atom stereocenters. The van der Waals surface area contributed by atoms with Gasteiger partial charge in [-0.1, -0.05) is 18.2 Å². The zero-order chi connectivity index (χ0) is 13.0. The molecule has 2 rings (SSSR count). The number of hydrogen-bond donors (Lipinski definition) is 1. The first-order valence-corrected chi connectivity index (χ1v) is 5.79. The van der Waals surface area contributed by atoms with Crippen LogP contribution in [0.15, 0.2) is 29.4 Å². The van der Waals surface area contributed by atoms with E-state index in [1.807, 2.05) is 29.2 Å². The lowest BCUT2D eigenvalue weighted by atomic mass is 10.1. The molecule has 5 heteroatoms. The maximum absolute atomic E-state index is 11.5. The van der Waals surface area contributed by atoms with Crippen LogP contribution >= 0.6 is 0 Å². The second-order valence-corrected chi connectivity index (χ2v) is 4.21. The van der Waals surface area contributed by atoms with Crippen molar-refractivity contribution < 1.29 is 4.79 Å². The maximum atomic E-state index is 11.5. The molecule has 0 aliphatic carbocycles. The number of nitriles is 1. The molecule has 0 radical (unpaired) electrons. The summed E-state index contributed by atoms with van der Waals surface area (Å²) >= 11 is 0. The molecule has 1 aromatic carbocycles. The van der Waals surface area contributed by atoms with E-state index >= 15 is 0 Å². The molecule has 0 spiro atoms. The standard InChI is InChI=1S/C13H14N4O/c14-8-12(16-15)11-4-1-3-10(7-11)9-17-6-2-5-13(17)18/h1,3-4,7H,2,5-6,9,15H2. The Morgan fingerprint density at radius 3 is 3.00 bits per heavy atom. The predicted molar refractivity (Wildman–Crippen MR) is 67.4 cm³/mol. The van der Waals surface area contributed by atoms with E-state index in [1.54, 1.807) is 6.07 Å². The highest BCUT2D eigenvalue weighted by atomic mass is 16.2. The Morgan fingerprint density at radius 2 is 2.39 bits per heavy atom. The van der Waals surface area contributed by atoms with E-state index in [9.17, 15) is 4.79 Å². The Hall–Kier alpha value is -2.35. The van der Waals surface area contributed by atoms with Crippen LogP contribution in [0.25, 0.3) is 0 Å². The zero-order valence-corrected chi connectivity index (χ0v) is 9.97. The Labute approximate surface area is 105 Å². The average Bonchev–Trinajstić information content (AvgIpc) is 2.77. The van der Waals surface area contributed by atoms with Crippen molar-refractivity contribution in [1.29, 1.82) is 5.26 Å². The van der Waals surface area contributed by atoms with Crippen LogP contribution in [0.3, 0.4) is 0 Å². The van der Waals surface area contributed by atoms with Gasteiger partial charge in [0.1, 0.15) is 6.07 Å². The molecular formula is C13H14N4O. The molecule has 0 atom stereocenters. The lowest BCUT2D eigenvalue weighted by Crippen LogP contribution is -2.23. The number of carbonyl (C=O) groups excluding carboxylic acids is 1. The third-order valence-electron chi connectivity index (χ3n) is 2.98. The fourth-order valence-corrected chi connectivity index (χ4v) is 2.08. The van der Waals surface area contributed by atoms with Crippen molar-refractivity contribution in [2.24, 2.45) is 10.9 Å². The number of amides is 1. The van der Waals surface area contributed by atoms with Crippen molar-refractivity contribution in [1.82, 2.24) is 4.90 Å². The molecule has 1 heterocycles. The van der Waals surface area contributed by atoms with Crippen LogP contribution in [0.1, 0.15) is 24.0 Å². The fourth-order valence-electron chi connectivity index (χ4n) is 2.08. The molecule has 1 saturated heterocycles.